The lowest BCUT2D eigenvalue weighted by Gasteiger charge is -2.33. The van der Waals surface area contributed by atoms with Gasteiger partial charge in [0.25, 0.3) is 5.56 Å². The van der Waals surface area contributed by atoms with E-state index < -0.39 is 0 Å². The highest BCUT2D eigenvalue weighted by Gasteiger charge is 2.26. The minimum atomic E-state index is -0.0375. The van der Waals surface area contributed by atoms with E-state index in [9.17, 15) is 4.79 Å². The van der Waals surface area contributed by atoms with Crippen molar-refractivity contribution in [2.24, 2.45) is 12.8 Å². The molecule has 0 aliphatic carbocycles. The molecular formula is C19H23N5O. The van der Waals surface area contributed by atoms with E-state index in [0.717, 1.165) is 48.5 Å². The van der Waals surface area contributed by atoms with E-state index in [1.807, 2.05) is 37.3 Å². The predicted octanol–water partition coefficient (Wildman–Crippen LogP) is 1.96. The lowest BCUT2D eigenvalue weighted by atomic mass is 10.1. The summed E-state index contributed by atoms with van der Waals surface area (Å²) in [4.78, 5) is 19.7. The first-order valence-electron chi connectivity index (χ1n) is 8.70. The quantitative estimate of drug-likeness (QED) is 0.776. The second-order valence-corrected chi connectivity index (χ2v) is 6.83. The number of fused-ring (bicyclic) bond motifs is 1. The van der Waals surface area contributed by atoms with E-state index in [1.54, 1.807) is 13.4 Å². The van der Waals surface area contributed by atoms with Crippen LogP contribution >= 0.6 is 0 Å². The van der Waals surface area contributed by atoms with Gasteiger partial charge in [-0.25, -0.2) is 4.98 Å². The molecule has 2 aromatic heterocycles. The number of para-hydroxylation sites is 1. The molecule has 3 heterocycles. The van der Waals surface area contributed by atoms with Crippen LogP contribution in [-0.4, -0.2) is 33.2 Å². The summed E-state index contributed by atoms with van der Waals surface area (Å²) < 4.78 is 3.59. The molecule has 6 heteroatoms. The molecule has 1 saturated heterocycles. The van der Waals surface area contributed by atoms with Crippen LogP contribution in [0.4, 0.5) is 5.82 Å². The molecule has 2 N–H and O–H groups in total. The average molecular weight is 337 g/mol. The fourth-order valence-corrected chi connectivity index (χ4v) is 3.79. The Morgan fingerprint density at radius 2 is 2.00 bits per heavy atom. The van der Waals surface area contributed by atoms with E-state index in [0.29, 0.717) is 5.52 Å². The van der Waals surface area contributed by atoms with Gasteiger partial charge in [0.15, 0.2) is 0 Å². The van der Waals surface area contributed by atoms with Crippen molar-refractivity contribution in [3.8, 4) is 5.69 Å². The van der Waals surface area contributed by atoms with Crippen molar-refractivity contribution >= 4 is 16.9 Å². The van der Waals surface area contributed by atoms with Gasteiger partial charge in [-0.15, -0.1) is 0 Å². The Morgan fingerprint density at radius 1 is 1.24 bits per heavy atom. The van der Waals surface area contributed by atoms with Crippen LogP contribution in [0.3, 0.4) is 0 Å². The molecule has 25 heavy (non-hydrogen) atoms. The molecule has 0 radical (unpaired) electrons. The van der Waals surface area contributed by atoms with E-state index in [2.05, 4.69) is 14.5 Å². The largest absolute Gasteiger partial charge is 0.356 e. The van der Waals surface area contributed by atoms with Crippen LogP contribution in [0.15, 0.2) is 41.5 Å². The number of benzene rings is 1. The molecule has 0 amide bonds. The monoisotopic (exact) mass is 337 g/mol. The molecule has 1 aliphatic rings. The summed E-state index contributed by atoms with van der Waals surface area (Å²) in [6, 6.07) is 10.2. The van der Waals surface area contributed by atoms with Gasteiger partial charge >= 0.3 is 0 Å². The molecule has 0 saturated carbocycles. The minimum Gasteiger partial charge on any atom is -0.356 e. The van der Waals surface area contributed by atoms with E-state index in [4.69, 9.17) is 5.73 Å². The predicted molar refractivity (Wildman–Crippen MR) is 100 cm³/mol. The smallest absolute Gasteiger partial charge is 0.278 e. The van der Waals surface area contributed by atoms with Gasteiger partial charge in [0.2, 0.25) is 0 Å². The third-order valence-electron chi connectivity index (χ3n) is 5.01. The van der Waals surface area contributed by atoms with Gasteiger partial charge in [0, 0.05) is 37.4 Å². The van der Waals surface area contributed by atoms with Crippen molar-refractivity contribution in [1.29, 1.82) is 0 Å². The molecule has 0 unspecified atom stereocenters. The summed E-state index contributed by atoms with van der Waals surface area (Å²) in [5, 5.41) is 0. The lowest BCUT2D eigenvalue weighted by molar-refractivity contribution is 0.501. The summed E-state index contributed by atoms with van der Waals surface area (Å²) in [6.07, 6.45) is 3.70. The van der Waals surface area contributed by atoms with Crippen LogP contribution < -0.4 is 16.2 Å². The van der Waals surface area contributed by atoms with Gasteiger partial charge < -0.3 is 15.2 Å². The Balaban J connectivity index is 2.06. The molecule has 3 aromatic rings. The summed E-state index contributed by atoms with van der Waals surface area (Å²) in [5.74, 6) is 1.03. The summed E-state index contributed by atoms with van der Waals surface area (Å²) >= 11 is 0. The minimum absolute atomic E-state index is 0.0375. The first kappa shape index (κ1) is 15.9. The van der Waals surface area contributed by atoms with Crippen molar-refractivity contribution in [3.63, 3.8) is 0 Å². The fraction of sp³-hybridized carbons (Fsp3) is 0.368. The van der Waals surface area contributed by atoms with Gasteiger partial charge in [-0.2, -0.15) is 0 Å². The number of anilines is 1. The van der Waals surface area contributed by atoms with Crippen molar-refractivity contribution in [2.75, 3.05) is 18.0 Å². The molecule has 4 rings (SSSR count). The highest BCUT2D eigenvalue weighted by molar-refractivity contribution is 5.88. The van der Waals surface area contributed by atoms with Crippen LogP contribution in [-0.2, 0) is 7.05 Å². The van der Waals surface area contributed by atoms with Crippen molar-refractivity contribution < 1.29 is 0 Å². The molecule has 1 atom stereocenters. The zero-order valence-electron chi connectivity index (χ0n) is 14.6. The molecule has 1 fully saturated rings. The van der Waals surface area contributed by atoms with Gasteiger partial charge in [-0.3, -0.25) is 9.36 Å². The number of rotatable bonds is 2. The van der Waals surface area contributed by atoms with Gasteiger partial charge in [0.05, 0.1) is 6.33 Å². The van der Waals surface area contributed by atoms with E-state index in [-0.39, 0.29) is 11.6 Å². The number of hydrogen-bond acceptors (Lipinski definition) is 4. The summed E-state index contributed by atoms with van der Waals surface area (Å²) in [5.41, 5.74) is 9.58. The van der Waals surface area contributed by atoms with Crippen molar-refractivity contribution in [1.82, 2.24) is 14.1 Å². The lowest BCUT2D eigenvalue weighted by Crippen LogP contribution is -2.43. The van der Waals surface area contributed by atoms with Crippen molar-refractivity contribution in [3.05, 3.63) is 52.6 Å². The highest BCUT2D eigenvalue weighted by atomic mass is 16.1. The first-order chi connectivity index (χ1) is 12.1. The Morgan fingerprint density at radius 3 is 2.72 bits per heavy atom. The third-order valence-corrected chi connectivity index (χ3v) is 5.01. The highest BCUT2D eigenvalue weighted by Crippen LogP contribution is 2.33. The molecule has 1 aromatic carbocycles. The Hall–Kier alpha value is -2.60. The summed E-state index contributed by atoms with van der Waals surface area (Å²) in [7, 11) is 1.74. The summed E-state index contributed by atoms with van der Waals surface area (Å²) in [6.45, 7) is 3.78. The number of hydrogen-bond donors (Lipinski definition) is 1. The maximum Gasteiger partial charge on any atom is 0.278 e. The van der Waals surface area contributed by atoms with Gasteiger partial charge in [-0.1, -0.05) is 18.2 Å². The van der Waals surface area contributed by atoms with E-state index >= 15 is 0 Å². The zero-order valence-corrected chi connectivity index (χ0v) is 14.6. The Kier molecular flexibility index (Phi) is 3.84. The van der Waals surface area contributed by atoms with Crippen LogP contribution in [0.5, 0.6) is 0 Å². The molecular weight excluding hydrogens is 314 g/mol. The maximum absolute atomic E-state index is 12.9. The fourth-order valence-electron chi connectivity index (χ4n) is 3.79. The van der Waals surface area contributed by atoms with Crippen LogP contribution in [0.1, 0.15) is 18.4 Å². The molecule has 130 valence electrons. The number of nitrogens with zero attached hydrogens (tertiary/aromatic N) is 4. The topological polar surface area (TPSA) is 69.1 Å². The number of piperidine rings is 1. The second kappa shape index (κ2) is 6.04. The van der Waals surface area contributed by atoms with Crippen molar-refractivity contribution in [2.45, 2.75) is 25.8 Å². The zero-order chi connectivity index (χ0) is 17.6. The van der Waals surface area contributed by atoms with Crippen LogP contribution in [0.2, 0.25) is 0 Å². The van der Waals surface area contributed by atoms with Crippen LogP contribution in [0.25, 0.3) is 16.7 Å². The van der Waals surface area contributed by atoms with Gasteiger partial charge in [0.1, 0.15) is 16.9 Å². The molecule has 0 spiro atoms. The third kappa shape index (κ3) is 2.53. The number of aromatic nitrogens is 3. The average Bonchev–Trinajstić information content (AvgIpc) is 2.92. The standard InChI is InChI=1S/C19H23N5O/c1-13-16-17(19(25)22(2)12-21-16)24(15-8-4-3-5-9-15)18(13)23-10-6-7-14(20)11-23/h3-5,8-9,12,14H,6-7,10-11,20H2,1-2H3/t14-/m0/s1. The SMILES string of the molecule is Cc1c(N2CCC[C@H](N)C2)n(-c2ccccc2)c2c(=O)n(C)cnc12. The number of aryl methyl sites for hydroxylation is 2. The van der Waals surface area contributed by atoms with Gasteiger partial charge in [-0.05, 0) is 31.9 Å². The Bertz CT molecular complexity index is 973. The molecule has 6 nitrogen and oxygen atoms in total. The Labute approximate surface area is 146 Å². The maximum atomic E-state index is 12.9. The first-order valence-corrected chi connectivity index (χ1v) is 8.70. The molecule has 1 aliphatic heterocycles. The van der Waals surface area contributed by atoms with E-state index in [1.165, 1.54) is 4.57 Å². The number of nitrogens with two attached hydrogens (primary N) is 1. The normalized spacial score (nSPS) is 18.0. The molecule has 0 bridgehead atoms. The second-order valence-electron chi connectivity index (χ2n) is 6.83. The van der Waals surface area contributed by atoms with Crippen LogP contribution in [0, 0.1) is 6.92 Å².